The molecule has 1 aliphatic rings. The van der Waals surface area contributed by atoms with Gasteiger partial charge in [0.25, 0.3) is 0 Å². The number of hydrogen-bond acceptors (Lipinski definition) is 3. The minimum absolute atomic E-state index is 0.00856. The van der Waals surface area contributed by atoms with E-state index in [2.05, 4.69) is 84.9 Å². The molecule has 0 saturated heterocycles. The van der Waals surface area contributed by atoms with Crippen LogP contribution >= 0.6 is 0 Å². The highest BCUT2D eigenvalue weighted by Crippen LogP contribution is 2.52. The molecular formula is C29H22O3. The Bertz CT molecular complexity index is 1400. The van der Waals surface area contributed by atoms with Gasteiger partial charge in [-0.3, -0.25) is 0 Å². The molecule has 5 aromatic rings. The molecule has 156 valence electrons. The molecular weight excluding hydrogens is 396 g/mol. The van der Waals surface area contributed by atoms with Crippen LogP contribution in [0.1, 0.15) is 22.6 Å². The zero-order valence-electron chi connectivity index (χ0n) is 18.0. The number of rotatable bonds is 3. The molecule has 0 spiro atoms. The van der Waals surface area contributed by atoms with E-state index in [1.54, 1.807) is 14.2 Å². The largest absolute Gasteiger partial charge is 0.493 e. The molecule has 0 fully saturated rings. The molecule has 1 heterocycles. The first-order valence-electron chi connectivity index (χ1n) is 10.7. The summed E-state index contributed by atoms with van der Waals surface area (Å²) in [5, 5.41) is 4.79. The highest BCUT2D eigenvalue weighted by molar-refractivity contribution is 5.95. The van der Waals surface area contributed by atoms with Crippen molar-refractivity contribution in [2.45, 2.75) is 5.92 Å². The molecule has 1 aliphatic heterocycles. The molecule has 0 aromatic heterocycles. The van der Waals surface area contributed by atoms with Gasteiger partial charge in [0.15, 0.2) is 11.5 Å². The Kier molecular flexibility index (Phi) is 4.29. The lowest BCUT2D eigenvalue weighted by Crippen LogP contribution is -2.13. The van der Waals surface area contributed by atoms with Gasteiger partial charge in [0.2, 0.25) is 0 Å². The molecule has 0 unspecified atom stereocenters. The predicted molar refractivity (Wildman–Crippen MR) is 128 cm³/mol. The average Bonchev–Trinajstić information content (AvgIpc) is 2.86. The Balaban J connectivity index is 1.72. The summed E-state index contributed by atoms with van der Waals surface area (Å²) in [6, 6.07) is 31.6. The van der Waals surface area contributed by atoms with Crippen LogP contribution in [0.2, 0.25) is 0 Å². The summed E-state index contributed by atoms with van der Waals surface area (Å²) in [6.07, 6.45) is 0. The molecule has 5 aromatic carbocycles. The van der Waals surface area contributed by atoms with E-state index in [4.69, 9.17) is 14.2 Å². The van der Waals surface area contributed by atoms with E-state index in [9.17, 15) is 0 Å². The molecule has 0 radical (unpaired) electrons. The molecule has 0 N–H and O–H groups in total. The minimum Gasteiger partial charge on any atom is -0.493 e. The van der Waals surface area contributed by atoms with Gasteiger partial charge in [-0.05, 0) is 51.4 Å². The van der Waals surface area contributed by atoms with Gasteiger partial charge in [0, 0.05) is 17.0 Å². The Morgan fingerprint density at radius 3 is 1.72 bits per heavy atom. The van der Waals surface area contributed by atoms with Crippen molar-refractivity contribution in [2.24, 2.45) is 0 Å². The van der Waals surface area contributed by atoms with Crippen molar-refractivity contribution < 1.29 is 14.2 Å². The van der Waals surface area contributed by atoms with Gasteiger partial charge in [0.05, 0.1) is 14.2 Å². The second kappa shape index (κ2) is 7.31. The SMILES string of the molecule is COc1ccc(C2c3c(ccc4ccccc34)Oc3ccc4ccccc4c32)cc1OC. The third-order valence-electron chi connectivity index (χ3n) is 6.40. The number of methoxy groups -OCH3 is 2. The molecule has 0 aliphatic carbocycles. The maximum absolute atomic E-state index is 6.49. The van der Waals surface area contributed by atoms with Crippen LogP contribution in [0.25, 0.3) is 21.5 Å². The lowest BCUT2D eigenvalue weighted by molar-refractivity contribution is 0.354. The van der Waals surface area contributed by atoms with Gasteiger partial charge >= 0.3 is 0 Å². The quantitative estimate of drug-likeness (QED) is 0.302. The highest BCUT2D eigenvalue weighted by Gasteiger charge is 2.32. The number of ether oxygens (including phenoxy) is 3. The van der Waals surface area contributed by atoms with Crippen molar-refractivity contribution in [3.8, 4) is 23.0 Å². The van der Waals surface area contributed by atoms with Crippen LogP contribution in [-0.2, 0) is 0 Å². The Morgan fingerprint density at radius 1 is 0.594 bits per heavy atom. The smallest absolute Gasteiger partial charge is 0.161 e. The number of benzene rings is 5. The molecule has 3 nitrogen and oxygen atoms in total. The van der Waals surface area contributed by atoms with Crippen molar-refractivity contribution in [3.05, 3.63) is 108 Å². The molecule has 0 atom stereocenters. The van der Waals surface area contributed by atoms with E-state index in [1.807, 2.05) is 6.07 Å². The van der Waals surface area contributed by atoms with E-state index in [0.717, 1.165) is 28.6 Å². The Hall–Kier alpha value is -3.98. The second-order valence-corrected chi connectivity index (χ2v) is 8.05. The van der Waals surface area contributed by atoms with Gasteiger partial charge < -0.3 is 14.2 Å². The first-order chi connectivity index (χ1) is 15.8. The zero-order valence-corrected chi connectivity index (χ0v) is 18.0. The molecule has 6 rings (SSSR count). The van der Waals surface area contributed by atoms with Crippen LogP contribution in [0.15, 0.2) is 91.0 Å². The van der Waals surface area contributed by atoms with Crippen molar-refractivity contribution in [3.63, 3.8) is 0 Å². The standard InChI is InChI=1S/C29H22O3/c1-30-23-14-13-20(17-26(23)31-2)27-28-21-9-5-3-7-18(21)11-15-24(28)32-25-16-12-19-8-4-6-10-22(19)29(25)27/h3-17,27H,1-2H3. The van der Waals surface area contributed by atoms with Crippen LogP contribution < -0.4 is 14.2 Å². The predicted octanol–water partition coefficient (Wildman–Crippen LogP) is 7.30. The summed E-state index contributed by atoms with van der Waals surface area (Å²) >= 11 is 0. The van der Waals surface area contributed by atoms with Crippen molar-refractivity contribution >= 4 is 21.5 Å². The molecule has 0 saturated carbocycles. The summed E-state index contributed by atoms with van der Waals surface area (Å²) in [5.74, 6) is 3.22. The lowest BCUT2D eigenvalue weighted by Gasteiger charge is -2.31. The van der Waals surface area contributed by atoms with Crippen molar-refractivity contribution in [1.82, 2.24) is 0 Å². The Labute approximate surface area is 186 Å². The summed E-state index contributed by atoms with van der Waals surface area (Å²) < 4.78 is 17.7. The van der Waals surface area contributed by atoms with Gasteiger partial charge in [-0.25, -0.2) is 0 Å². The molecule has 0 amide bonds. The van der Waals surface area contributed by atoms with E-state index >= 15 is 0 Å². The normalized spacial score (nSPS) is 12.8. The van der Waals surface area contributed by atoms with Crippen LogP contribution in [-0.4, -0.2) is 14.2 Å². The third kappa shape index (κ3) is 2.75. The molecule has 3 heteroatoms. The fourth-order valence-corrected chi connectivity index (χ4v) is 4.95. The van der Waals surface area contributed by atoms with Crippen LogP contribution in [0, 0.1) is 0 Å². The fraction of sp³-hybridized carbons (Fsp3) is 0.103. The monoisotopic (exact) mass is 418 g/mol. The maximum Gasteiger partial charge on any atom is 0.161 e. The van der Waals surface area contributed by atoms with Gasteiger partial charge in [-0.2, -0.15) is 0 Å². The van der Waals surface area contributed by atoms with E-state index < -0.39 is 0 Å². The first kappa shape index (κ1) is 18.8. The maximum atomic E-state index is 6.49. The van der Waals surface area contributed by atoms with Crippen molar-refractivity contribution in [2.75, 3.05) is 14.2 Å². The Morgan fingerprint density at radius 2 is 1.16 bits per heavy atom. The third-order valence-corrected chi connectivity index (χ3v) is 6.40. The minimum atomic E-state index is -0.00856. The van der Waals surface area contributed by atoms with Crippen LogP contribution in [0.5, 0.6) is 23.0 Å². The lowest BCUT2D eigenvalue weighted by atomic mass is 9.78. The van der Waals surface area contributed by atoms with Gasteiger partial charge in [-0.1, -0.05) is 66.7 Å². The molecule has 0 bridgehead atoms. The topological polar surface area (TPSA) is 27.7 Å². The highest BCUT2D eigenvalue weighted by atomic mass is 16.5. The average molecular weight is 418 g/mol. The van der Waals surface area contributed by atoms with E-state index in [1.165, 1.54) is 32.7 Å². The summed E-state index contributed by atoms with van der Waals surface area (Å²) in [6.45, 7) is 0. The van der Waals surface area contributed by atoms with Crippen molar-refractivity contribution in [1.29, 1.82) is 0 Å². The molecule has 32 heavy (non-hydrogen) atoms. The van der Waals surface area contributed by atoms with E-state index in [0.29, 0.717) is 0 Å². The van der Waals surface area contributed by atoms with Crippen LogP contribution in [0.4, 0.5) is 0 Å². The fourth-order valence-electron chi connectivity index (χ4n) is 4.95. The number of fused-ring (bicyclic) bond motifs is 6. The summed E-state index contributed by atoms with van der Waals surface area (Å²) in [5.41, 5.74) is 3.50. The summed E-state index contributed by atoms with van der Waals surface area (Å²) in [7, 11) is 3.34. The summed E-state index contributed by atoms with van der Waals surface area (Å²) in [4.78, 5) is 0. The number of hydrogen-bond donors (Lipinski definition) is 0. The zero-order chi connectivity index (χ0) is 21.7. The van der Waals surface area contributed by atoms with Crippen LogP contribution in [0.3, 0.4) is 0 Å². The van der Waals surface area contributed by atoms with E-state index in [-0.39, 0.29) is 5.92 Å². The first-order valence-corrected chi connectivity index (χ1v) is 10.7. The van der Waals surface area contributed by atoms with Gasteiger partial charge in [-0.15, -0.1) is 0 Å². The van der Waals surface area contributed by atoms with Gasteiger partial charge in [0.1, 0.15) is 11.5 Å². The second-order valence-electron chi connectivity index (χ2n) is 8.05.